The molecule has 6 nitrogen and oxygen atoms in total. The Morgan fingerprint density at radius 2 is 2.60 bits per heavy atom. The number of hydrogen-bond acceptors (Lipinski definition) is 5. The highest BCUT2D eigenvalue weighted by Gasteiger charge is 2.05. The molecule has 1 aliphatic heterocycles. The Kier molecular flexibility index (Phi) is 1.96. The number of ether oxygens (including phenoxy) is 1. The van der Waals surface area contributed by atoms with Crippen molar-refractivity contribution in [1.82, 2.24) is 16.2 Å². The zero-order chi connectivity index (χ0) is 7.40. The van der Waals surface area contributed by atoms with Crippen LogP contribution < -0.4 is 16.2 Å². The van der Waals surface area contributed by atoms with Gasteiger partial charge >= 0.3 is 6.16 Å². The van der Waals surface area contributed by atoms with Crippen LogP contribution in [0, 0.1) is 0 Å². The Morgan fingerprint density at radius 3 is 3.10 bits per heavy atom. The molecule has 0 amide bonds. The van der Waals surface area contributed by atoms with E-state index in [2.05, 4.69) is 20.9 Å². The van der Waals surface area contributed by atoms with Crippen LogP contribution in [0.2, 0.25) is 0 Å². The van der Waals surface area contributed by atoms with Crippen molar-refractivity contribution in [3.8, 4) is 0 Å². The predicted octanol–water partition coefficient (Wildman–Crippen LogP) is -0.865. The van der Waals surface area contributed by atoms with E-state index in [1.165, 1.54) is 6.20 Å². The van der Waals surface area contributed by atoms with E-state index in [1.54, 1.807) is 0 Å². The van der Waals surface area contributed by atoms with Gasteiger partial charge in [0.1, 0.15) is 0 Å². The van der Waals surface area contributed by atoms with Crippen LogP contribution >= 0.6 is 0 Å². The van der Waals surface area contributed by atoms with E-state index in [9.17, 15) is 4.79 Å². The topological polar surface area (TPSA) is 82.6 Å². The lowest BCUT2D eigenvalue weighted by Crippen LogP contribution is -2.43. The van der Waals surface area contributed by atoms with Crippen LogP contribution in [0.4, 0.5) is 4.79 Å². The summed E-state index contributed by atoms with van der Waals surface area (Å²) in [6, 6.07) is 0. The fourth-order valence-corrected chi connectivity index (χ4v) is 0.511. The van der Waals surface area contributed by atoms with E-state index < -0.39 is 6.16 Å². The molecule has 0 aromatic carbocycles. The van der Waals surface area contributed by atoms with Crippen LogP contribution in [-0.2, 0) is 4.74 Å². The molecule has 10 heavy (non-hydrogen) atoms. The smallest absolute Gasteiger partial charge is 0.449 e. The Balaban J connectivity index is 2.38. The second-order valence-corrected chi connectivity index (χ2v) is 1.56. The fraction of sp³-hybridized carbons (Fsp3) is 0.250. The first-order valence-corrected chi connectivity index (χ1v) is 2.62. The Morgan fingerprint density at radius 1 is 1.80 bits per heavy atom. The van der Waals surface area contributed by atoms with Crippen molar-refractivity contribution >= 4 is 6.16 Å². The van der Waals surface area contributed by atoms with Crippen molar-refractivity contribution in [2.75, 3.05) is 6.67 Å². The third kappa shape index (κ3) is 1.82. The molecule has 0 aromatic rings. The molecule has 0 spiro atoms. The normalized spacial score (nSPS) is 16.2. The molecule has 6 heteroatoms. The monoisotopic (exact) mass is 145 g/mol. The lowest BCUT2D eigenvalue weighted by molar-refractivity contribution is 0.108. The highest BCUT2D eigenvalue weighted by Crippen LogP contribution is 1.90. The van der Waals surface area contributed by atoms with Crippen molar-refractivity contribution in [3.63, 3.8) is 0 Å². The zero-order valence-corrected chi connectivity index (χ0v) is 5.05. The van der Waals surface area contributed by atoms with Crippen LogP contribution in [0.3, 0.4) is 0 Å². The second kappa shape index (κ2) is 2.92. The van der Waals surface area contributed by atoms with Gasteiger partial charge in [-0.25, -0.2) is 10.2 Å². The molecule has 1 rings (SSSR count). The summed E-state index contributed by atoms with van der Waals surface area (Å²) in [4.78, 5) is 9.91. The number of nitrogens with one attached hydrogen (secondary N) is 3. The second-order valence-electron chi connectivity index (χ2n) is 1.56. The van der Waals surface area contributed by atoms with E-state index in [0.29, 0.717) is 6.67 Å². The summed E-state index contributed by atoms with van der Waals surface area (Å²) in [6.07, 6.45) is 0.0780. The average molecular weight is 145 g/mol. The third-order valence-corrected chi connectivity index (χ3v) is 0.832. The molecule has 0 saturated carbocycles. The number of hydrogen-bond donors (Lipinski definition) is 4. The van der Waals surface area contributed by atoms with Gasteiger partial charge in [0.15, 0.2) is 0 Å². The fourth-order valence-electron chi connectivity index (χ4n) is 0.511. The summed E-state index contributed by atoms with van der Waals surface area (Å²) in [6.45, 7) is 0.534. The van der Waals surface area contributed by atoms with Gasteiger partial charge in [0, 0.05) is 0 Å². The maximum Gasteiger partial charge on any atom is 0.512 e. The summed E-state index contributed by atoms with van der Waals surface area (Å²) in [7, 11) is 0. The minimum Gasteiger partial charge on any atom is -0.449 e. The van der Waals surface area contributed by atoms with Gasteiger partial charge in [-0.3, -0.25) is 5.43 Å². The Labute approximate surface area is 56.8 Å². The van der Waals surface area contributed by atoms with E-state index in [0.717, 1.165) is 0 Å². The SMILES string of the molecule is O=C(O)OC1=CNCNN1. The Hall–Kier alpha value is -1.43. The van der Waals surface area contributed by atoms with Crippen molar-refractivity contribution < 1.29 is 14.6 Å². The maximum atomic E-state index is 9.91. The van der Waals surface area contributed by atoms with E-state index in [4.69, 9.17) is 5.11 Å². The van der Waals surface area contributed by atoms with Crippen molar-refractivity contribution in [1.29, 1.82) is 0 Å². The quantitative estimate of drug-likeness (QED) is 0.359. The van der Waals surface area contributed by atoms with Gasteiger partial charge in [-0.15, -0.1) is 0 Å². The van der Waals surface area contributed by atoms with Gasteiger partial charge < -0.3 is 15.2 Å². The lowest BCUT2D eigenvalue weighted by Gasteiger charge is -2.15. The van der Waals surface area contributed by atoms with Gasteiger partial charge in [0.05, 0.1) is 12.9 Å². The third-order valence-electron chi connectivity index (χ3n) is 0.832. The number of rotatable bonds is 1. The largest absolute Gasteiger partial charge is 0.512 e. The first-order valence-electron chi connectivity index (χ1n) is 2.62. The van der Waals surface area contributed by atoms with E-state index >= 15 is 0 Å². The summed E-state index contributed by atoms with van der Waals surface area (Å²) in [5, 5.41) is 10.8. The van der Waals surface area contributed by atoms with Gasteiger partial charge in [0.25, 0.3) is 0 Å². The lowest BCUT2D eigenvalue weighted by atomic mass is 10.7. The highest BCUT2D eigenvalue weighted by atomic mass is 16.7. The molecule has 1 aliphatic rings. The molecule has 0 aliphatic carbocycles. The van der Waals surface area contributed by atoms with E-state index in [-0.39, 0.29) is 5.88 Å². The number of hydrazine groups is 1. The maximum absolute atomic E-state index is 9.91. The van der Waals surface area contributed by atoms with Gasteiger partial charge in [0.2, 0.25) is 5.88 Å². The van der Waals surface area contributed by atoms with Crippen molar-refractivity contribution in [2.45, 2.75) is 0 Å². The molecule has 56 valence electrons. The zero-order valence-electron chi connectivity index (χ0n) is 5.05. The summed E-state index contributed by atoms with van der Waals surface area (Å²) in [5.41, 5.74) is 5.12. The summed E-state index contributed by atoms with van der Waals surface area (Å²) < 4.78 is 4.23. The molecule has 0 atom stereocenters. The number of carboxylic acid groups (broad SMARTS) is 1. The van der Waals surface area contributed by atoms with Crippen LogP contribution in [-0.4, -0.2) is 17.9 Å². The molecular weight excluding hydrogens is 138 g/mol. The van der Waals surface area contributed by atoms with Gasteiger partial charge in [-0.1, -0.05) is 0 Å². The standard InChI is InChI=1S/C4H7N3O3/c8-4(9)10-3-1-5-2-6-7-3/h1,5-7H,2H2,(H,8,9). The molecule has 0 saturated heterocycles. The Bertz CT molecular complexity index is 167. The molecule has 0 aromatic heterocycles. The van der Waals surface area contributed by atoms with Crippen LogP contribution in [0.15, 0.2) is 12.1 Å². The van der Waals surface area contributed by atoms with Crippen LogP contribution in [0.5, 0.6) is 0 Å². The predicted molar refractivity (Wildman–Crippen MR) is 31.5 cm³/mol. The average Bonchev–Trinajstić information content (AvgIpc) is 1.88. The summed E-state index contributed by atoms with van der Waals surface area (Å²) >= 11 is 0. The van der Waals surface area contributed by atoms with Crippen LogP contribution in [0.25, 0.3) is 0 Å². The molecule has 0 bridgehead atoms. The summed E-state index contributed by atoms with van der Waals surface area (Å²) in [5.74, 6) is 0.138. The molecule has 0 radical (unpaired) electrons. The highest BCUT2D eigenvalue weighted by molar-refractivity contribution is 5.58. The minimum atomic E-state index is -1.34. The van der Waals surface area contributed by atoms with Crippen molar-refractivity contribution in [3.05, 3.63) is 12.1 Å². The van der Waals surface area contributed by atoms with Gasteiger partial charge in [-0.05, 0) is 0 Å². The van der Waals surface area contributed by atoms with Crippen LogP contribution in [0.1, 0.15) is 0 Å². The molecular formula is C4H7N3O3. The van der Waals surface area contributed by atoms with E-state index in [1.807, 2.05) is 0 Å². The minimum absolute atomic E-state index is 0.138. The molecule has 4 N–H and O–H groups in total. The molecule has 0 fully saturated rings. The first kappa shape index (κ1) is 6.69. The molecule has 0 unspecified atom stereocenters. The number of carbonyl (C=O) groups is 1. The van der Waals surface area contributed by atoms with Gasteiger partial charge in [-0.2, -0.15) is 0 Å². The van der Waals surface area contributed by atoms with Crippen molar-refractivity contribution in [2.24, 2.45) is 0 Å². The molecule has 1 heterocycles. The first-order chi connectivity index (χ1) is 4.79.